The Morgan fingerprint density at radius 3 is 1.84 bits per heavy atom. The minimum absolute atomic E-state index is 0.251. The van der Waals surface area contributed by atoms with Crippen LogP contribution in [-0.4, -0.2) is 29.2 Å². The van der Waals surface area contributed by atoms with E-state index < -0.39 is 10.0 Å². The molecule has 0 saturated carbocycles. The SMILES string of the molecule is CCCCCN(c1ccc(OC)cc1)S(=O)(=O)c1ccc(OC)cc1. The van der Waals surface area contributed by atoms with Crippen molar-refractivity contribution < 1.29 is 17.9 Å². The van der Waals surface area contributed by atoms with Gasteiger partial charge in [0, 0.05) is 6.54 Å². The second kappa shape index (κ2) is 8.76. The van der Waals surface area contributed by atoms with Crippen molar-refractivity contribution in [2.45, 2.75) is 31.1 Å². The molecule has 0 amide bonds. The second-order valence-electron chi connectivity index (χ2n) is 5.66. The monoisotopic (exact) mass is 363 g/mol. The molecule has 5 nitrogen and oxygen atoms in total. The quantitative estimate of drug-likeness (QED) is 0.630. The zero-order chi connectivity index (χ0) is 18.3. The standard InChI is InChI=1S/C19H25NO4S/c1-4-5-6-15-20(16-7-9-17(23-2)10-8-16)25(21,22)19-13-11-18(24-3)12-14-19/h7-14H,4-6,15H2,1-3H3. The molecule has 0 aliphatic rings. The van der Waals surface area contributed by atoms with Gasteiger partial charge in [0.25, 0.3) is 10.0 Å². The summed E-state index contributed by atoms with van der Waals surface area (Å²) < 4.78 is 38.0. The van der Waals surface area contributed by atoms with Crippen molar-refractivity contribution in [1.29, 1.82) is 0 Å². The Morgan fingerprint density at radius 2 is 1.36 bits per heavy atom. The minimum Gasteiger partial charge on any atom is -0.497 e. The summed E-state index contributed by atoms with van der Waals surface area (Å²) in [7, 11) is -0.503. The van der Waals surface area contributed by atoms with Gasteiger partial charge < -0.3 is 9.47 Å². The van der Waals surface area contributed by atoms with Crippen molar-refractivity contribution >= 4 is 15.7 Å². The van der Waals surface area contributed by atoms with Crippen molar-refractivity contribution in [3.05, 3.63) is 48.5 Å². The van der Waals surface area contributed by atoms with Crippen LogP contribution >= 0.6 is 0 Å². The molecule has 2 aromatic rings. The van der Waals surface area contributed by atoms with E-state index in [1.807, 2.05) is 0 Å². The molecule has 0 fully saturated rings. The molecule has 0 heterocycles. The largest absolute Gasteiger partial charge is 0.497 e. The van der Waals surface area contributed by atoms with E-state index in [1.165, 1.54) is 4.31 Å². The molecule has 0 spiro atoms. The Balaban J connectivity index is 2.37. The topological polar surface area (TPSA) is 55.8 Å². The highest BCUT2D eigenvalue weighted by Gasteiger charge is 2.24. The van der Waals surface area contributed by atoms with E-state index in [4.69, 9.17) is 9.47 Å². The summed E-state index contributed by atoms with van der Waals surface area (Å²) in [5.41, 5.74) is 0.632. The third kappa shape index (κ3) is 4.66. The highest BCUT2D eigenvalue weighted by Crippen LogP contribution is 2.27. The fourth-order valence-electron chi connectivity index (χ4n) is 2.52. The van der Waals surface area contributed by atoms with Crippen LogP contribution in [0.3, 0.4) is 0 Å². The van der Waals surface area contributed by atoms with E-state index >= 15 is 0 Å². The number of unbranched alkanes of at least 4 members (excludes halogenated alkanes) is 2. The van der Waals surface area contributed by atoms with Crippen molar-refractivity contribution in [1.82, 2.24) is 0 Å². The summed E-state index contributed by atoms with van der Waals surface area (Å²) in [4.78, 5) is 0.251. The van der Waals surface area contributed by atoms with Crippen LogP contribution in [0.5, 0.6) is 11.5 Å². The first-order valence-electron chi connectivity index (χ1n) is 8.33. The fourth-order valence-corrected chi connectivity index (χ4v) is 4.02. The van der Waals surface area contributed by atoms with Gasteiger partial charge in [-0.15, -0.1) is 0 Å². The molecule has 0 aromatic heterocycles. The van der Waals surface area contributed by atoms with Crippen LogP contribution in [0.25, 0.3) is 0 Å². The summed E-state index contributed by atoms with van der Waals surface area (Å²) in [5.74, 6) is 1.32. The van der Waals surface area contributed by atoms with Crippen LogP contribution in [-0.2, 0) is 10.0 Å². The smallest absolute Gasteiger partial charge is 0.264 e. The average Bonchev–Trinajstić information content (AvgIpc) is 2.65. The van der Waals surface area contributed by atoms with Crippen LogP contribution in [0.1, 0.15) is 26.2 Å². The average molecular weight is 363 g/mol. The molecule has 0 N–H and O–H groups in total. The number of hydrogen-bond acceptors (Lipinski definition) is 4. The summed E-state index contributed by atoms with van der Waals surface area (Å²) in [6.45, 7) is 2.53. The summed E-state index contributed by atoms with van der Waals surface area (Å²) >= 11 is 0. The van der Waals surface area contributed by atoms with Crippen LogP contribution < -0.4 is 13.8 Å². The maximum atomic E-state index is 13.1. The Bertz CT molecular complexity index is 755. The molecule has 25 heavy (non-hydrogen) atoms. The van der Waals surface area contributed by atoms with Gasteiger partial charge in [-0.25, -0.2) is 8.42 Å². The predicted molar refractivity (Wildman–Crippen MR) is 100 cm³/mol. The highest BCUT2D eigenvalue weighted by molar-refractivity contribution is 7.92. The number of rotatable bonds is 9. The molecule has 2 rings (SSSR count). The van der Waals surface area contributed by atoms with Gasteiger partial charge in [0.15, 0.2) is 0 Å². The molecule has 0 aliphatic heterocycles. The van der Waals surface area contributed by atoms with Gasteiger partial charge in [0.1, 0.15) is 11.5 Å². The van der Waals surface area contributed by atoms with E-state index in [0.717, 1.165) is 19.3 Å². The first kappa shape index (κ1) is 19.1. The van der Waals surface area contributed by atoms with Crippen molar-refractivity contribution in [2.24, 2.45) is 0 Å². The van der Waals surface area contributed by atoms with Gasteiger partial charge in [-0.05, 0) is 55.0 Å². The summed E-state index contributed by atoms with van der Waals surface area (Å²) in [5, 5.41) is 0. The third-order valence-electron chi connectivity index (χ3n) is 3.97. The normalized spacial score (nSPS) is 11.2. The van der Waals surface area contributed by atoms with Crippen molar-refractivity contribution in [3.8, 4) is 11.5 Å². The Kier molecular flexibility index (Phi) is 6.70. The summed E-state index contributed by atoms with van der Waals surface area (Å²) in [6.07, 6.45) is 2.81. The first-order valence-corrected chi connectivity index (χ1v) is 9.77. The number of anilines is 1. The third-order valence-corrected chi connectivity index (χ3v) is 5.81. The van der Waals surface area contributed by atoms with Gasteiger partial charge in [-0.3, -0.25) is 4.31 Å². The molecule has 0 radical (unpaired) electrons. The van der Waals surface area contributed by atoms with Crippen molar-refractivity contribution in [3.63, 3.8) is 0 Å². The molecule has 136 valence electrons. The molecule has 0 atom stereocenters. The number of nitrogens with zero attached hydrogens (tertiary/aromatic N) is 1. The lowest BCUT2D eigenvalue weighted by molar-refractivity contribution is 0.414. The lowest BCUT2D eigenvalue weighted by atomic mass is 10.2. The molecular weight excluding hydrogens is 338 g/mol. The van der Waals surface area contributed by atoms with Gasteiger partial charge in [-0.2, -0.15) is 0 Å². The van der Waals surface area contributed by atoms with Crippen LogP contribution in [0, 0.1) is 0 Å². The van der Waals surface area contributed by atoms with Gasteiger partial charge in [-0.1, -0.05) is 19.8 Å². The fraction of sp³-hybridized carbons (Fsp3) is 0.368. The lowest BCUT2D eigenvalue weighted by Gasteiger charge is -2.25. The zero-order valence-corrected chi connectivity index (χ0v) is 15.8. The zero-order valence-electron chi connectivity index (χ0n) is 14.9. The predicted octanol–water partition coefficient (Wildman–Crippen LogP) is 4.09. The first-order chi connectivity index (χ1) is 12.0. The second-order valence-corrected chi connectivity index (χ2v) is 7.52. The molecule has 0 aliphatic carbocycles. The molecule has 2 aromatic carbocycles. The molecule has 0 unspecified atom stereocenters. The lowest BCUT2D eigenvalue weighted by Crippen LogP contribution is -2.32. The number of ether oxygens (including phenoxy) is 2. The van der Waals surface area contributed by atoms with Crippen molar-refractivity contribution in [2.75, 3.05) is 25.1 Å². The minimum atomic E-state index is -3.64. The Morgan fingerprint density at radius 1 is 0.840 bits per heavy atom. The van der Waals surface area contributed by atoms with Gasteiger partial charge in [0.2, 0.25) is 0 Å². The number of hydrogen-bond donors (Lipinski definition) is 0. The van der Waals surface area contributed by atoms with E-state index in [0.29, 0.717) is 23.7 Å². The van der Waals surface area contributed by atoms with Crippen LogP contribution in [0.15, 0.2) is 53.4 Å². The number of benzene rings is 2. The maximum absolute atomic E-state index is 13.1. The molecule has 0 bridgehead atoms. The number of methoxy groups -OCH3 is 2. The Labute approximate surface area is 150 Å². The van der Waals surface area contributed by atoms with Crippen LogP contribution in [0.4, 0.5) is 5.69 Å². The van der Waals surface area contributed by atoms with E-state index in [-0.39, 0.29) is 4.90 Å². The van der Waals surface area contributed by atoms with E-state index in [9.17, 15) is 8.42 Å². The summed E-state index contributed by atoms with van der Waals surface area (Å²) in [6, 6.07) is 13.5. The Hall–Kier alpha value is -2.21. The molecular formula is C19H25NO4S. The number of sulfonamides is 1. The van der Waals surface area contributed by atoms with Gasteiger partial charge in [0.05, 0.1) is 24.8 Å². The molecule has 0 saturated heterocycles. The maximum Gasteiger partial charge on any atom is 0.264 e. The highest BCUT2D eigenvalue weighted by atomic mass is 32.2. The molecule has 6 heteroatoms. The van der Waals surface area contributed by atoms with E-state index in [2.05, 4.69) is 6.92 Å². The van der Waals surface area contributed by atoms with Gasteiger partial charge >= 0.3 is 0 Å². The van der Waals surface area contributed by atoms with Crippen LogP contribution in [0.2, 0.25) is 0 Å². The van der Waals surface area contributed by atoms with E-state index in [1.54, 1.807) is 62.8 Å².